The monoisotopic (exact) mass is 246 g/mol. The molecule has 0 unspecified atom stereocenters. The minimum atomic E-state index is 0.0561. The van der Waals surface area contributed by atoms with Crippen molar-refractivity contribution < 1.29 is 14.2 Å². The van der Waals surface area contributed by atoms with E-state index in [9.17, 15) is 4.79 Å². The van der Waals surface area contributed by atoms with E-state index in [4.69, 9.17) is 4.74 Å². The van der Waals surface area contributed by atoms with E-state index < -0.39 is 0 Å². The van der Waals surface area contributed by atoms with Crippen molar-refractivity contribution in [1.29, 1.82) is 0 Å². The fourth-order valence-corrected chi connectivity index (χ4v) is 1.54. The van der Waals surface area contributed by atoms with Gasteiger partial charge in [0.15, 0.2) is 5.78 Å². The summed E-state index contributed by atoms with van der Waals surface area (Å²) in [6, 6.07) is 7.18. The molecular weight excluding hydrogens is 232 g/mol. The van der Waals surface area contributed by atoms with Gasteiger partial charge in [-0.15, -0.1) is 0 Å². The van der Waals surface area contributed by atoms with Crippen molar-refractivity contribution in [3.8, 4) is 5.75 Å². The predicted octanol–water partition coefficient (Wildman–Crippen LogP) is 2.55. The third kappa shape index (κ3) is 2.56. The van der Waals surface area contributed by atoms with Gasteiger partial charge in [-0.05, 0) is 19.1 Å². The van der Waals surface area contributed by atoms with Gasteiger partial charge >= 0.3 is 0 Å². The summed E-state index contributed by atoms with van der Waals surface area (Å²) in [5.41, 5.74) is 1.91. The lowest BCUT2D eigenvalue weighted by Crippen LogP contribution is -2.04. The van der Waals surface area contributed by atoms with E-state index in [2.05, 4.69) is 14.9 Å². The van der Waals surface area contributed by atoms with Gasteiger partial charge in [-0.25, -0.2) is 4.63 Å². The molecule has 0 radical (unpaired) electrons. The van der Waals surface area contributed by atoms with Gasteiger partial charge in [0, 0.05) is 6.42 Å². The first-order chi connectivity index (χ1) is 8.72. The van der Waals surface area contributed by atoms with E-state index in [0.29, 0.717) is 29.1 Å². The summed E-state index contributed by atoms with van der Waals surface area (Å²) in [6.07, 6.45) is 0.449. The zero-order chi connectivity index (χ0) is 13.0. The van der Waals surface area contributed by atoms with Crippen LogP contribution in [0.1, 0.15) is 35.1 Å². The van der Waals surface area contributed by atoms with Gasteiger partial charge in [0.1, 0.15) is 23.7 Å². The highest BCUT2D eigenvalue weighted by atomic mass is 16.6. The Morgan fingerprint density at radius 2 is 2.11 bits per heavy atom. The van der Waals surface area contributed by atoms with E-state index in [1.54, 1.807) is 19.1 Å². The maximum absolute atomic E-state index is 11.7. The zero-order valence-electron chi connectivity index (χ0n) is 10.3. The highest BCUT2D eigenvalue weighted by Gasteiger charge is 2.12. The SMILES string of the molecule is CCC(=O)c1ccccc1OCc1nonc1C. The van der Waals surface area contributed by atoms with Crippen molar-refractivity contribution in [1.82, 2.24) is 10.3 Å². The Morgan fingerprint density at radius 3 is 2.78 bits per heavy atom. The average Bonchev–Trinajstić information content (AvgIpc) is 2.81. The predicted molar refractivity (Wildman–Crippen MR) is 64.4 cm³/mol. The van der Waals surface area contributed by atoms with E-state index in [-0.39, 0.29) is 12.4 Å². The molecule has 0 fully saturated rings. The first-order valence-corrected chi connectivity index (χ1v) is 5.75. The van der Waals surface area contributed by atoms with E-state index in [1.807, 2.05) is 19.1 Å². The number of rotatable bonds is 5. The molecular formula is C13H14N2O3. The Labute approximate surface area is 105 Å². The molecule has 1 heterocycles. The summed E-state index contributed by atoms with van der Waals surface area (Å²) in [5.74, 6) is 0.618. The number of carbonyl (C=O) groups excluding carboxylic acids is 1. The van der Waals surface area contributed by atoms with Crippen LogP contribution in [-0.2, 0) is 6.61 Å². The average molecular weight is 246 g/mol. The molecule has 0 aliphatic carbocycles. The largest absolute Gasteiger partial charge is 0.486 e. The Kier molecular flexibility index (Phi) is 3.72. The fourth-order valence-electron chi connectivity index (χ4n) is 1.54. The van der Waals surface area contributed by atoms with Gasteiger partial charge in [0.05, 0.1) is 5.56 Å². The molecule has 0 N–H and O–H groups in total. The van der Waals surface area contributed by atoms with Crippen LogP contribution in [0.15, 0.2) is 28.9 Å². The van der Waals surface area contributed by atoms with E-state index in [0.717, 1.165) is 0 Å². The second kappa shape index (κ2) is 5.44. The lowest BCUT2D eigenvalue weighted by molar-refractivity contribution is 0.0983. The number of Topliss-reactive ketones (excluding diaryl/α,β-unsaturated/α-hetero) is 1. The highest BCUT2D eigenvalue weighted by molar-refractivity contribution is 5.98. The minimum Gasteiger partial charge on any atom is -0.486 e. The Balaban J connectivity index is 2.14. The molecule has 1 aromatic heterocycles. The summed E-state index contributed by atoms with van der Waals surface area (Å²) >= 11 is 0. The number of hydrogen-bond acceptors (Lipinski definition) is 5. The second-order valence-corrected chi connectivity index (χ2v) is 3.86. The van der Waals surface area contributed by atoms with Crippen molar-refractivity contribution >= 4 is 5.78 Å². The third-order valence-corrected chi connectivity index (χ3v) is 2.62. The van der Waals surface area contributed by atoms with Crippen molar-refractivity contribution in [2.45, 2.75) is 26.9 Å². The van der Waals surface area contributed by atoms with E-state index >= 15 is 0 Å². The molecule has 0 spiro atoms. The fraction of sp³-hybridized carbons (Fsp3) is 0.308. The van der Waals surface area contributed by atoms with Crippen molar-refractivity contribution in [3.05, 3.63) is 41.2 Å². The zero-order valence-corrected chi connectivity index (χ0v) is 10.3. The number of carbonyl (C=O) groups is 1. The van der Waals surface area contributed by atoms with Gasteiger partial charge in [0.2, 0.25) is 0 Å². The van der Waals surface area contributed by atoms with Crippen LogP contribution in [0.2, 0.25) is 0 Å². The van der Waals surface area contributed by atoms with Crippen LogP contribution >= 0.6 is 0 Å². The van der Waals surface area contributed by atoms with Crippen molar-refractivity contribution in [2.24, 2.45) is 0 Å². The Hall–Kier alpha value is -2.17. The Morgan fingerprint density at radius 1 is 1.33 bits per heavy atom. The normalized spacial score (nSPS) is 10.3. The number of hydrogen-bond donors (Lipinski definition) is 0. The summed E-state index contributed by atoms with van der Waals surface area (Å²) in [7, 11) is 0. The molecule has 1 aromatic carbocycles. The molecule has 5 heteroatoms. The lowest BCUT2D eigenvalue weighted by atomic mass is 10.1. The van der Waals surface area contributed by atoms with Gasteiger partial charge in [-0.2, -0.15) is 0 Å². The molecule has 2 aromatic rings. The molecule has 0 saturated heterocycles. The topological polar surface area (TPSA) is 65.2 Å². The highest BCUT2D eigenvalue weighted by Crippen LogP contribution is 2.20. The molecule has 94 valence electrons. The van der Waals surface area contributed by atoms with Crippen LogP contribution in [0.25, 0.3) is 0 Å². The number of aromatic nitrogens is 2. The van der Waals surface area contributed by atoms with Crippen LogP contribution < -0.4 is 4.74 Å². The van der Waals surface area contributed by atoms with Gasteiger partial charge in [-0.1, -0.05) is 29.4 Å². The third-order valence-electron chi connectivity index (χ3n) is 2.62. The molecule has 0 aliphatic rings. The summed E-state index contributed by atoms with van der Waals surface area (Å²) in [5, 5.41) is 7.40. The van der Waals surface area contributed by atoms with E-state index in [1.165, 1.54) is 0 Å². The summed E-state index contributed by atoms with van der Waals surface area (Å²) in [4.78, 5) is 11.7. The Bertz CT molecular complexity index is 549. The van der Waals surface area contributed by atoms with Crippen LogP contribution in [0.3, 0.4) is 0 Å². The van der Waals surface area contributed by atoms with Gasteiger partial charge in [-0.3, -0.25) is 4.79 Å². The van der Waals surface area contributed by atoms with Gasteiger partial charge in [0.25, 0.3) is 0 Å². The quantitative estimate of drug-likeness (QED) is 0.758. The standard InChI is InChI=1S/C13H14N2O3/c1-3-12(16)10-6-4-5-7-13(10)17-8-11-9(2)14-18-15-11/h4-7H,3,8H2,1-2H3. The second-order valence-electron chi connectivity index (χ2n) is 3.86. The number of ether oxygens (including phenoxy) is 1. The number of ketones is 1. The number of nitrogens with zero attached hydrogens (tertiary/aromatic N) is 2. The summed E-state index contributed by atoms with van der Waals surface area (Å²) in [6.45, 7) is 3.85. The van der Waals surface area contributed by atoms with Crippen molar-refractivity contribution in [2.75, 3.05) is 0 Å². The first kappa shape index (κ1) is 12.3. The molecule has 2 rings (SSSR count). The molecule has 0 aliphatic heterocycles. The maximum atomic E-state index is 11.7. The van der Waals surface area contributed by atoms with Crippen LogP contribution in [0.4, 0.5) is 0 Å². The van der Waals surface area contributed by atoms with Crippen LogP contribution in [0, 0.1) is 6.92 Å². The van der Waals surface area contributed by atoms with Gasteiger partial charge < -0.3 is 4.74 Å². The summed E-state index contributed by atoms with van der Waals surface area (Å²) < 4.78 is 10.2. The number of aryl methyl sites for hydroxylation is 1. The van der Waals surface area contributed by atoms with Crippen LogP contribution in [-0.4, -0.2) is 16.1 Å². The molecule has 18 heavy (non-hydrogen) atoms. The number of para-hydroxylation sites is 1. The number of benzene rings is 1. The minimum absolute atomic E-state index is 0.0561. The molecule has 0 amide bonds. The molecule has 5 nitrogen and oxygen atoms in total. The molecule has 0 bridgehead atoms. The van der Waals surface area contributed by atoms with Crippen molar-refractivity contribution in [3.63, 3.8) is 0 Å². The lowest BCUT2D eigenvalue weighted by Gasteiger charge is -2.08. The maximum Gasteiger partial charge on any atom is 0.166 e. The molecule has 0 atom stereocenters. The molecule has 0 saturated carbocycles. The smallest absolute Gasteiger partial charge is 0.166 e. The van der Waals surface area contributed by atoms with Crippen LogP contribution in [0.5, 0.6) is 5.75 Å². The first-order valence-electron chi connectivity index (χ1n) is 5.75.